The molecule has 0 heterocycles. The number of benzene rings is 1. The molecule has 0 aliphatic carbocycles. The predicted octanol–water partition coefficient (Wildman–Crippen LogP) is 2.22. The summed E-state index contributed by atoms with van der Waals surface area (Å²) in [6.45, 7) is 1.61. The number of rotatable bonds is 5. The molecule has 3 heteroatoms. The molecule has 0 aliphatic heterocycles. The van der Waals surface area contributed by atoms with E-state index in [4.69, 9.17) is 4.74 Å². The summed E-state index contributed by atoms with van der Waals surface area (Å²) < 4.78 is 4.83. The average Bonchev–Trinajstić information content (AvgIpc) is 2.27. The lowest BCUT2D eigenvalue weighted by molar-refractivity contribution is -0.138. The van der Waals surface area contributed by atoms with Gasteiger partial charge in [0.1, 0.15) is 5.78 Å². The van der Waals surface area contributed by atoms with Crippen molar-refractivity contribution in [2.24, 2.45) is 0 Å². The van der Waals surface area contributed by atoms with Crippen molar-refractivity contribution in [3.05, 3.63) is 42.0 Å². The van der Waals surface area contributed by atoms with E-state index in [0.29, 0.717) is 0 Å². The van der Waals surface area contributed by atoms with Crippen LogP contribution in [0.5, 0.6) is 0 Å². The molecule has 0 aromatic heterocycles. The van der Waals surface area contributed by atoms with Crippen LogP contribution < -0.4 is 0 Å². The molecule has 0 spiro atoms. The van der Waals surface area contributed by atoms with Crippen molar-refractivity contribution in [3.63, 3.8) is 0 Å². The lowest BCUT2D eigenvalue weighted by Crippen LogP contribution is -2.05. The van der Waals surface area contributed by atoms with Gasteiger partial charge in [0.05, 0.1) is 6.61 Å². The minimum Gasteiger partial charge on any atom is -0.462 e. The molecule has 0 unspecified atom stereocenters. The van der Waals surface area contributed by atoms with E-state index in [9.17, 15) is 9.59 Å². The zero-order valence-corrected chi connectivity index (χ0v) is 9.18. The van der Waals surface area contributed by atoms with Gasteiger partial charge in [-0.3, -0.25) is 4.79 Å². The lowest BCUT2D eigenvalue weighted by atomic mass is 10.2. The second kappa shape index (κ2) is 6.56. The fourth-order valence-corrected chi connectivity index (χ4v) is 1.07. The third-order valence-electron chi connectivity index (χ3n) is 1.91. The molecule has 0 radical (unpaired) electrons. The molecule has 0 fully saturated rings. The Labute approximate surface area is 94.7 Å². The molecule has 1 aromatic rings. The smallest absolute Gasteiger partial charge is 0.330 e. The van der Waals surface area contributed by atoms with Gasteiger partial charge in [0.2, 0.25) is 0 Å². The zero-order chi connectivity index (χ0) is 11.8. The molecule has 0 N–H and O–H groups in total. The first-order valence-electron chi connectivity index (χ1n) is 5.08. The first-order valence-corrected chi connectivity index (χ1v) is 5.08. The number of ether oxygens (including phenoxy) is 1. The zero-order valence-electron chi connectivity index (χ0n) is 9.18. The monoisotopic (exact) mass is 218 g/mol. The van der Waals surface area contributed by atoms with Crippen LogP contribution in [-0.2, 0) is 14.3 Å². The van der Waals surface area contributed by atoms with Gasteiger partial charge in [0.15, 0.2) is 0 Å². The van der Waals surface area contributed by atoms with Crippen LogP contribution in [0, 0.1) is 0 Å². The van der Waals surface area contributed by atoms with Crippen molar-refractivity contribution in [2.45, 2.75) is 13.3 Å². The second-order valence-electron chi connectivity index (χ2n) is 3.36. The van der Waals surface area contributed by atoms with Gasteiger partial charge < -0.3 is 4.74 Å². The van der Waals surface area contributed by atoms with Gasteiger partial charge >= 0.3 is 5.97 Å². The Bertz CT molecular complexity index is 379. The van der Waals surface area contributed by atoms with E-state index >= 15 is 0 Å². The number of hydrogen-bond acceptors (Lipinski definition) is 3. The van der Waals surface area contributed by atoms with Gasteiger partial charge in [-0.25, -0.2) is 4.79 Å². The highest BCUT2D eigenvalue weighted by Gasteiger charge is 1.98. The van der Waals surface area contributed by atoms with Gasteiger partial charge in [0.25, 0.3) is 0 Å². The first-order chi connectivity index (χ1) is 7.68. The fourth-order valence-electron chi connectivity index (χ4n) is 1.07. The Morgan fingerprint density at radius 2 is 1.94 bits per heavy atom. The standard InChI is InChI=1S/C13H14O3/c1-11(14)9-10-16-13(15)8-7-12-5-3-2-4-6-12/h2-8H,9-10H2,1H3/b8-7+. The van der Waals surface area contributed by atoms with Gasteiger partial charge in [0, 0.05) is 12.5 Å². The van der Waals surface area contributed by atoms with Crippen LogP contribution in [0.15, 0.2) is 36.4 Å². The Hall–Kier alpha value is -1.90. The maximum atomic E-state index is 11.2. The maximum Gasteiger partial charge on any atom is 0.330 e. The van der Waals surface area contributed by atoms with Crippen LogP contribution in [0.4, 0.5) is 0 Å². The van der Waals surface area contributed by atoms with E-state index < -0.39 is 5.97 Å². The van der Waals surface area contributed by atoms with E-state index in [-0.39, 0.29) is 18.8 Å². The van der Waals surface area contributed by atoms with Crippen LogP contribution in [0.1, 0.15) is 18.9 Å². The van der Waals surface area contributed by atoms with Crippen molar-refractivity contribution in [3.8, 4) is 0 Å². The van der Waals surface area contributed by atoms with E-state index in [1.165, 1.54) is 13.0 Å². The summed E-state index contributed by atoms with van der Waals surface area (Å²) in [5.41, 5.74) is 0.936. The SMILES string of the molecule is CC(=O)CCOC(=O)/C=C/c1ccccc1. The van der Waals surface area contributed by atoms with E-state index in [1.54, 1.807) is 6.08 Å². The fraction of sp³-hybridized carbons (Fsp3) is 0.231. The minimum atomic E-state index is -0.426. The Morgan fingerprint density at radius 1 is 1.25 bits per heavy atom. The summed E-state index contributed by atoms with van der Waals surface area (Å²) in [5, 5.41) is 0. The van der Waals surface area contributed by atoms with E-state index in [2.05, 4.69) is 0 Å². The minimum absolute atomic E-state index is 0.0137. The van der Waals surface area contributed by atoms with Crippen LogP contribution >= 0.6 is 0 Å². The quantitative estimate of drug-likeness (QED) is 0.562. The normalized spacial score (nSPS) is 10.3. The molecule has 84 valence electrons. The lowest BCUT2D eigenvalue weighted by Gasteiger charge is -1.98. The number of carbonyl (C=O) groups is 2. The highest BCUT2D eigenvalue weighted by atomic mass is 16.5. The molecule has 0 bridgehead atoms. The highest BCUT2D eigenvalue weighted by Crippen LogP contribution is 2.01. The molecule has 0 saturated heterocycles. The van der Waals surface area contributed by atoms with Crippen molar-refractivity contribution >= 4 is 17.8 Å². The van der Waals surface area contributed by atoms with Crippen molar-refractivity contribution in [2.75, 3.05) is 6.61 Å². The Balaban J connectivity index is 2.34. The number of esters is 1. The molecule has 1 aromatic carbocycles. The topological polar surface area (TPSA) is 43.4 Å². The Kier molecular flexibility index (Phi) is 4.99. The largest absolute Gasteiger partial charge is 0.462 e. The predicted molar refractivity (Wildman–Crippen MR) is 61.7 cm³/mol. The second-order valence-corrected chi connectivity index (χ2v) is 3.36. The van der Waals surface area contributed by atoms with Crippen LogP contribution in [0.3, 0.4) is 0 Å². The average molecular weight is 218 g/mol. The number of hydrogen-bond donors (Lipinski definition) is 0. The summed E-state index contributed by atoms with van der Waals surface area (Å²) >= 11 is 0. The summed E-state index contributed by atoms with van der Waals surface area (Å²) in [5.74, 6) is -0.412. The van der Waals surface area contributed by atoms with Gasteiger partial charge in [-0.05, 0) is 18.6 Å². The molecule has 1 rings (SSSR count). The van der Waals surface area contributed by atoms with Crippen molar-refractivity contribution in [1.29, 1.82) is 0 Å². The van der Waals surface area contributed by atoms with E-state index in [0.717, 1.165) is 5.56 Å². The Morgan fingerprint density at radius 3 is 2.56 bits per heavy atom. The number of ketones is 1. The molecule has 0 saturated carbocycles. The maximum absolute atomic E-state index is 11.2. The molecule has 3 nitrogen and oxygen atoms in total. The summed E-state index contributed by atoms with van der Waals surface area (Å²) in [6.07, 6.45) is 3.30. The van der Waals surface area contributed by atoms with Gasteiger partial charge in [-0.2, -0.15) is 0 Å². The van der Waals surface area contributed by atoms with E-state index in [1.807, 2.05) is 30.3 Å². The first kappa shape index (κ1) is 12.2. The number of carbonyl (C=O) groups excluding carboxylic acids is 2. The molecule has 0 atom stereocenters. The third kappa shape index (κ3) is 5.10. The van der Waals surface area contributed by atoms with Crippen molar-refractivity contribution < 1.29 is 14.3 Å². The molecule has 16 heavy (non-hydrogen) atoms. The van der Waals surface area contributed by atoms with Crippen molar-refractivity contribution in [1.82, 2.24) is 0 Å². The molecule has 0 amide bonds. The summed E-state index contributed by atoms with van der Waals surface area (Å²) in [6, 6.07) is 9.46. The van der Waals surface area contributed by atoms with Crippen LogP contribution in [0.25, 0.3) is 6.08 Å². The number of Topliss-reactive ketones (excluding diaryl/α,β-unsaturated/α-hetero) is 1. The van der Waals surface area contributed by atoms with Crippen LogP contribution in [-0.4, -0.2) is 18.4 Å². The van der Waals surface area contributed by atoms with Gasteiger partial charge in [-0.1, -0.05) is 30.3 Å². The molecular weight excluding hydrogens is 204 g/mol. The molecule has 0 aliphatic rings. The third-order valence-corrected chi connectivity index (χ3v) is 1.91. The van der Waals surface area contributed by atoms with Gasteiger partial charge in [-0.15, -0.1) is 0 Å². The van der Waals surface area contributed by atoms with Crippen LogP contribution in [0.2, 0.25) is 0 Å². The summed E-state index contributed by atoms with van der Waals surface area (Å²) in [7, 11) is 0. The molecular formula is C13H14O3. The highest BCUT2D eigenvalue weighted by molar-refractivity contribution is 5.87. The summed E-state index contributed by atoms with van der Waals surface area (Å²) in [4.78, 5) is 21.8.